The molecule has 2 aromatic rings. The van der Waals surface area contributed by atoms with E-state index in [4.69, 9.17) is 4.74 Å². The molecule has 2 aliphatic heterocycles. The van der Waals surface area contributed by atoms with Crippen molar-refractivity contribution in [3.63, 3.8) is 0 Å². The number of nitrogens with one attached hydrogen (secondary N) is 3. The van der Waals surface area contributed by atoms with Gasteiger partial charge in [0.05, 0.1) is 19.2 Å². The highest BCUT2D eigenvalue weighted by Crippen LogP contribution is 2.42. The molecule has 4 atom stereocenters. The summed E-state index contributed by atoms with van der Waals surface area (Å²) in [4.78, 5) is 12.5. The van der Waals surface area contributed by atoms with Crippen LogP contribution in [-0.2, 0) is 10.2 Å². The number of benzene rings is 2. The molecule has 2 aliphatic rings. The lowest BCUT2D eigenvalue weighted by molar-refractivity contribution is -0.121. The average molecular weight is 365 g/mol. The molecule has 0 aliphatic carbocycles. The van der Waals surface area contributed by atoms with Gasteiger partial charge in [-0.1, -0.05) is 57.2 Å². The summed E-state index contributed by atoms with van der Waals surface area (Å²) in [5, 5.41) is 3.19. The first-order valence-electron chi connectivity index (χ1n) is 9.44. The van der Waals surface area contributed by atoms with E-state index in [0.717, 1.165) is 16.9 Å². The Kier molecular flexibility index (Phi) is 4.44. The molecule has 142 valence electrons. The smallest absolute Gasteiger partial charge is 0.239 e. The summed E-state index contributed by atoms with van der Waals surface area (Å²) >= 11 is 0. The van der Waals surface area contributed by atoms with Gasteiger partial charge < -0.3 is 10.1 Å². The fourth-order valence-electron chi connectivity index (χ4n) is 4.14. The molecule has 5 heteroatoms. The van der Waals surface area contributed by atoms with Gasteiger partial charge in [0.25, 0.3) is 0 Å². The van der Waals surface area contributed by atoms with Gasteiger partial charge in [0.2, 0.25) is 5.91 Å². The second-order valence-corrected chi connectivity index (χ2v) is 8.45. The third-order valence-electron chi connectivity index (χ3n) is 5.74. The maximum absolute atomic E-state index is 12.5. The number of hydrazine groups is 1. The summed E-state index contributed by atoms with van der Waals surface area (Å²) in [5.74, 6) is 0.982. The highest BCUT2D eigenvalue weighted by atomic mass is 16.5. The zero-order valence-corrected chi connectivity index (χ0v) is 16.2. The molecule has 0 spiro atoms. The van der Waals surface area contributed by atoms with Crippen molar-refractivity contribution in [2.75, 3.05) is 7.11 Å². The number of carbonyl (C=O) groups is 1. The maximum atomic E-state index is 12.5. The van der Waals surface area contributed by atoms with Gasteiger partial charge in [0.1, 0.15) is 11.8 Å². The topological polar surface area (TPSA) is 62.4 Å². The van der Waals surface area contributed by atoms with Crippen LogP contribution < -0.4 is 20.9 Å². The van der Waals surface area contributed by atoms with Crippen molar-refractivity contribution < 1.29 is 9.53 Å². The van der Waals surface area contributed by atoms with E-state index in [0.29, 0.717) is 0 Å². The van der Waals surface area contributed by atoms with Crippen LogP contribution in [0.2, 0.25) is 0 Å². The van der Waals surface area contributed by atoms with Crippen LogP contribution in [0.4, 0.5) is 0 Å². The highest BCUT2D eigenvalue weighted by molar-refractivity contribution is 5.86. The molecule has 0 aromatic heterocycles. The van der Waals surface area contributed by atoms with Crippen molar-refractivity contribution in [1.82, 2.24) is 16.2 Å². The lowest BCUT2D eigenvalue weighted by Gasteiger charge is -2.25. The van der Waals surface area contributed by atoms with Crippen molar-refractivity contribution in [3.8, 4) is 5.75 Å². The monoisotopic (exact) mass is 365 g/mol. The molecule has 27 heavy (non-hydrogen) atoms. The predicted molar refractivity (Wildman–Crippen MR) is 105 cm³/mol. The lowest BCUT2D eigenvalue weighted by Crippen LogP contribution is -2.39. The largest absolute Gasteiger partial charge is 0.497 e. The summed E-state index contributed by atoms with van der Waals surface area (Å²) in [6.45, 7) is 6.62. The van der Waals surface area contributed by atoms with Crippen molar-refractivity contribution in [1.29, 1.82) is 0 Å². The molecule has 0 radical (unpaired) electrons. The van der Waals surface area contributed by atoms with Crippen LogP contribution in [0.3, 0.4) is 0 Å². The molecule has 3 N–H and O–H groups in total. The van der Waals surface area contributed by atoms with Crippen molar-refractivity contribution in [2.24, 2.45) is 5.92 Å². The Bertz CT molecular complexity index is 824. The molecular weight excluding hydrogens is 338 g/mol. The number of hydrogen-bond acceptors (Lipinski definition) is 4. The molecule has 2 aromatic carbocycles. The Hall–Kier alpha value is -2.37. The Morgan fingerprint density at radius 1 is 0.815 bits per heavy atom. The van der Waals surface area contributed by atoms with Crippen LogP contribution in [0.15, 0.2) is 48.5 Å². The van der Waals surface area contributed by atoms with Gasteiger partial charge in [-0.15, -0.1) is 0 Å². The fraction of sp³-hybridized carbons (Fsp3) is 0.409. The minimum Gasteiger partial charge on any atom is -0.497 e. The average Bonchev–Trinajstić information content (AvgIpc) is 3.23. The third-order valence-corrected chi connectivity index (χ3v) is 5.74. The van der Waals surface area contributed by atoms with E-state index in [1.807, 2.05) is 12.1 Å². The van der Waals surface area contributed by atoms with Crippen LogP contribution in [0.25, 0.3) is 0 Å². The van der Waals surface area contributed by atoms with E-state index in [9.17, 15) is 4.79 Å². The number of carbonyl (C=O) groups excluding carboxylic acids is 1. The standard InChI is InChI=1S/C22H27N3O2/c1-22(2,3)15-9-5-13(6-10-15)18-17-19(24-25-20(17)21(26)23-18)14-7-11-16(27-4)12-8-14/h5-12,17-20,24-25H,1-4H3,(H,23,26). The quantitative estimate of drug-likeness (QED) is 0.783. The third kappa shape index (κ3) is 3.22. The van der Waals surface area contributed by atoms with Crippen molar-refractivity contribution >= 4 is 5.91 Å². The molecule has 0 bridgehead atoms. The summed E-state index contributed by atoms with van der Waals surface area (Å²) in [6.07, 6.45) is 0. The van der Waals surface area contributed by atoms with E-state index in [1.54, 1.807) is 7.11 Å². The second kappa shape index (κ2) is 6.66. The number of hydrogen-bond donors (Lipinski definition) is 3. The van der Waals surface area contributed by atoms with Gasteiger partial charge in [0, 0.05) is 5.92 Å². The molecule has 0 saturated carbocycles. The Morgan fingerprint density at radius 2 is 1.37 bits per heavy atom. The second-order valence-electron chi connectivity index (χ2n) is 8.45. The predicted octanol–water partition coefficient (Wildman–Crippen LogP) is 3.00. The zero-order valence-electron chi connectivity index (χ0n) is 16.2. The number of rotatable bonds is 3. The van der Waals surface area contributed by atoms with Gasteiger partial charge in [0.15, 0.2) is 0 Å². The van der Waals surface area contributed by atoms with Crippen LogP contribution in [0.5, 0.6) is 5.75 Å². The molecular formula is C22H27N3O2. The van der Waals surface area contributed by atoms with Crippen molar-refractivity contribution in [2.45, 2.75) is 44.3 Å². The van der Waals surface area contributed by atoms with Gasteiger partial charge >= 0.3 is 0 Å². The first kappa shape index (κ1) is 18.0. The van der Waals surface area contributed by atoms with E-state index < -0.39 is 0 Å². The van der Waals surface area contributed by atoms with Gasteiger partial charge in [-0.05, 0) is 34.2 Å². The molecule has 1 amide bonds. The van der Waals surface area contributed by atoms with Gasteiger partial charge in [-0.3, -0.25) is 4.79 Å². The van der Waals surface area contributed by atoms with E-state index >= 15 is 0 Å². The first-order valence-corrected chi connectivity index (χ1v) is 9.44. The van der Waals surface area contributed by atoms with Crippen LogP contribution in [0.1, 0.15) is 49.5 Å². The Labute approximate surface area is 160 Å². The van der Waals surface area contributed by atoms with E-state index in [2.05, 4.69) is 73.3 Å². The fourth-order valence-corrected chi connectivity index (χ4v) is 4.14. The SMILES string of the molecule is COc1ccc(C2NNC3C(=O)NC(c4ccc(C(C)(C)C)cc4)C32)cc1. The Morgan fingerprint density at radius 3 is 1.96 bits per heavy atom. The summed E-state index contributed by atoms with van der Waals surface area (Å²) in [7, 11) is 1.66. The zero-order chi connectivity index (χ0) is 19.2. The maximum Gasteiger partial charge on any atom is 0.239 e. The van der Waals surface area contributed by atoms with Crippen LogP contribution in [-0.4, -0.2) is 19.1 Å². The molecule has 2 saturated heterocycles. The lowest BCUT2D eigenvalue weighted by atomic mass is 9.82. The van der Waals surface area contributed by atoms with E-state index in [1.165, 1.54) is 5.56 Å². The molecule has 2 heterocycles. The summed E-state index contributed by atoms with van der Waals surface area (Å²) in [6, 6.07) is 16.5. The molecule has 4 rings (SSSR count). The summed E-state index contributed by atoms with van der Waals surface area (Å²) in [5.41, 5.74) is 10.2. The molecule has 2 fully saturated rings. The van der Waals surface area contributed by atoms with Crippen LogP contribution in [0, 0.1) is 5.92 Å². The Balaban J connectivity index is 1.64. The van der Waals surface area contributed by atoms with Crippen LogP contribution >= 0.6 is 0 Å². The number of amides is 1. The van der Waals surface area contributed by atoms with Gasteiger partial charge in [-0.25, -0.2) is 10.9 Å². The van der Waals surface area contributed by atoms with Crippen molar-refractivity contribution in [3.05, 3.63) is 65.2 Å². The normalized spacial score (nSPS) is 27.3. The minimum atomic E-state index is -0.232. The van der Waals surface area contributed by atoms with E-state index in [-0.39, 0.29) is 35.4 Å². The number of methoxy groups -OCH3 is 1. The summed E-state index contributed by atoms with van der Waals surface area (Å²) < 4.78 is 5.26. The first-order chi connectivity index (χ1) is 12.9. The molecule has 4 unspecified atom stereocenters. The minimum absolute atomic E-state index is 0.0221. The van der Waals surface area contributed by atoms with Gasteiger partial charge in [-0.2, -0.15) is 0 Å². The molecule has 5 nitrogen and oxygen atoms in total. The highest BCUT2D eigenvalue weighted by Gasteiger charge is 2.51. The number of fused-ring (bicyclic) bond motifs is 1. The number of ether oxygens (including phenoxy) is 1.